The van der Waals surface area contributed by atoms with Crippen LogP contribution in [-0.2, 0) is 30.2 Å². The van der Waals surface area contributed by atoms with E-state index in [1.54, 1.807) is 25.2 Å². The van der Waals surface area contributed by atoms with Crippen molar-refractivity contribution in [1.82, 2.24) is 15.1 Å². The molecule has 0 saturated carbocycles. The Labute approximate surface area is 117 Å². The Morgan fingerprint density at radius 1 is 1.25 bits per heavy atom. The van der Waals surface area contributed by atoms with Crippen LogP contribution in [0.1, 0.15) is 16.8 Å². The number of benzene rings is 1. The van der Waals surface area contributed by atoms with E-state index < -0.39 is 10.0 Å². The number of sulfonamides is 1. The zero-order valence-corrected chi connectivity index (χ0v) is 12.2. The van der Waals surface area contributed by atoms with Crippen LogP contribution >= 0.6 is 0 Å². The molecule has 0 unspecified atom stereocenters. The Morgan fingerprint density at radius 3 is 2.70 bits per heavy atom. The fourth-order valence-corrected chi connectivity index (χ4v) is 3.47. The number of hydrogen-bond acceptors (Lipinski definition) is 4. The van der Waals surface area contributed by atoms with Crippen molar-refractivity contribution in [2.24, 2.45) is 7.05 Å². The van der Waals surface area contributed by atoms with Crippen molar-refractivity contribution in [2.45, 2.75) is 24.9 Å². The summed E-state index contributed by atoms with van der Waals surface area (Å²) in [5, 5.41) is 7.33. The van der Waals surface area contributed by atoms with Crippen molar-refractivity contribution in [3.8, 4) is 0 Å². The van der Waals surface area contributed by atoms with Crippen LogP contribution in [0, 0.1) is 6.92 Å². The largest absolute Gasteiger partial charge is 0.309 e. The SMILES string of the molecule is Cc1cc(NS(=O)(=O)c2ccc3c(c2)CNC3)n(C)n1. The highest BCUT2D eigenvalue weighted by atomic mass is 32.2. The first-order valence-corrected chi connectivity index (χ1v) is 7.80. The van der Waals surface area contributed by atoms with Crippen LogP contribution in [0.4, 0.5) is 5.82 Å². The van der Waals surface area contributed by atoms with Gasteiger partial charge >= 0.3 is 0 Å². The van der Waals surface area contributed by atoms with Gasteiger partial charge in [-0.2, -0.15) is 5.10 Å². The van der Waals surface area contributed by atoms with Crippen LogP contribution in [0.3, 0.4) is 0 Å². The van der Waals surface area contributed by atoms with Crippen LogP contribution in [-0.4, -0.2) is 18.2 Å². The molecule has 0 fully saturated rings. The summed E-state index contributed by atoms with van der Waals surface area (Å²) in [5.41, 5.74) is 2.96. The number of aromatic nitrogens is 2. The molecule has 2 aromatic rings. The van der Waals surface area contributed by atoms with E-state index in [-0.39, 0.29) is 4.90 Å². The van der Waals surface area contributed by atoms with Crippen LogP contribution in [0.5, 0.6) is 0 Å². The molecule has 0 amide bonds. The van der Waals surface area contributed by atoms with E-state index in [0.717, 1.165) is 23.4 Å². The van der Waals surface area contributed by atoms with E-state index in [1.165, 1.54) is 4.68 Å². The second-order valence-corrected chi connectivity index (χ2v) is 6.62. The molecule has 1 aliphatic heterocycles. The average molecular weight is 292 g/mol. The number of anilines is 1. The number of aryl methyl sites for hydroxylation is 2. The summed E-state index contributed by atoms with van der Waals surface area (Å²) >= 11 is 0. The highest BCUT2D eigenvalue weighted by Gasteiger charge is 2.19. The Hall–Kier alpha value is -1.86. The lowest BCUT2D eigenvalue weighted by Gasteiger charge is -2.09. The standard InChI is InChI=1S/C13H16N4O2S/c1-9-5-13(17(2)15-9)16-20(18,19)12-4-3-10-7-14-8-11(10)6-12/h3-6,14,16H,7-8H2,1-2H3. The summed E-state index contributed by atoms with van der Waals surface area (Å²) in [7, 11) is -1.88. The Balaban J connectivity index is 1.94. The Kier molecular flexibility index (Phi) is 3.02. The predicted molar refractivity (Wildman–Crippen MR) is 75.7 cm³/mol. The molecule has 0 aliphatic carbocycles. The van der Waals surface area contributed by atoms with Crippen molar-refractivity contribution in [3.05, 3.63) is 41.1 Å². The van der Waals surface area contributed by atoms with Crippen molar-refractivity contribution in [3.63, 3.8) is 0 Å². The van der Waals surface area contributed by atoms with Crippen molar-refractivity contribution >= 4 is 15.8 Å². The zero-order valence-electron chi connectivity index (χ0n) is 11.3. The molecule has 0 atom stereocenters. The number of nitrogens with zero attached hydrogens (tertiary/aromatic N) is 2. The molecule has 2 heterocycles. The molecule has 3 rings (SSSR count). The second kappa shape index (κ2) is 4.60. The first-order valence-electron chi connectivity index (χ1n) is 6.32. The molecule has 0 saturated heterocycles. The van der Waals surface area contributed by atoms with Gasteiger partial charge in [-0.3, -0.25) is 9.40 Å². The highest BCUT2D eigenvalue weighted by molar-refractivity contribution is 7.92. The normalized spacial score (nSPS) is 14.3. The molecule has 106 valence electrons. The average Bonchev–Trinajstić information content (AvgIpc) is 2.95. The Morgan fingerprint density at radius 2 is 2.00 bits per heavy atom. The van der Waals surface area contributed by atoms with Gasteiger partial charge in [0.1, 0.15) is 5.82 Å². The lowest BCUT2D eigenvalue weighted by molar-refractivity contribution is 0.600. The highest BCUT2D eigenvalue weighted by Crippen LogP contribution is 2.22. The van der Waals surface area contributed by atoms with Gasteiger partial charge in [-0.05, 0) is 30.2 Å². The summed E-state index contributed by atoms with van der Waals surface area (Å²) in [6.07, 6.45) is 0. The minimum absolute atomic E-state index is 0.277. The van der Waals surface area contributed by atoms with Gasteiger partial charge in [0.15, 0.2) is 0 Å². The van der Waals surface area contributed by atoms with Gasteiger partial charge in [0.05, 0.1) is 10.6 Å². The molecule has 2 N–H and O–H groups in total. The van der Waals surface area contributed by atoms with E-state index in [0.29, 0.717) is 12.4 Å². The minimum Gasteiger partial charge on any atom is -0.309 e. The zero-order chi connectivity index (χ0) is 14.3. The summed E-state index contributed by atoms with van der Waals surface area (Å²) in [6, 6.07) is 6.92. The van der Waals surface area contributed by atoms with Gasteiger partial charge < -0.3 is 5.32 Å². The maximum atomic E-state index is 12.4. The predicted octanol–water partition coefficient (Wildman–Crippen LogP) is 1.13. The molecule has 1 aliphatic rings. The van der Waals surface area contributed by atoms with E-state index >= 15 is 0 Å². The summed E-state index contributed by atoms with van der Waals surface area (Å²) in [5.74, 6) is 0.459. The lowest BCUT2D eigenvalue weighted by atomic mass is 10.1. The molecule has 0 spiro atoms. The number of hydrogen-bond donors (Lipinski definition) is 2. The molecule has 20 heavy (non-hydrogen) atoms. The number of fused-ring (bicyclic) bond motifs is 1. The maximum absolute atomic E-state index is 12.4. The monoisotopic (exact) mass is 292 g/mol. The van der Waals surface area contributed by atoms with Crippen molar-refractivity contribution in [2.75, 3.05) is 4.72 Å². The van der Waals surface area contributed by atoms with E-state index in [4.69, 9.17) is 0 Å². The van der Waals surface area contributed by atoms with Gasteiger partial charge in [0, 0.05) is 26.2 Å². The van der Waals surface area contributed by atoms with Gasteiger partial charge in [-0.15, -0.1) is 0 Å². The third kappa shape index (κ3) is 2.30. The van der Waals surface area contributed by atoms with E-state index in [1.807, 2.05) is 13.0 Å². The second-order valence-electron chi connectivity index (χ2n) is 4.93. The summed E-state index contributed by atoms with van der Waals surface area (Å²) in [4.78, 5) is 0.277. The van der Waals surface area contributed by atoms with E-state index in [2.05, 4.69) is 15.1 Å². The first-order chi connectivity index (χ1) is 9.45. The molecule has 1 aromatic carbocycles. The third-order valence-corrected chi connectivity index (χ3v) is 4.71. The fourth-order valence-electron chi connectivity index (χ4n) is 2.34. The van der Waals surface area contributed by atoms with Gasteiger partial charge in [-0.1, -0.05) is 6.07 Å². The third-order valence-electron chi connectivity index (χ3n) is 3.36. The molecule has 7 heteroatoms. The molecule has 6 nitrogen and oxygen atoms in total. The molecule has 0 bridgehead atoms. The molecular formula is C13H16N4O2S. The van der Waals surface area contributed by atoms with Crippen molar-refractivity contribution < 1.29 is 8.42 Å². The molecule has 0 radical (unpaired) electrons. The quantitative estimate of drug-likeness (QED) is 0.889. The maximum Gasteiger partial charge on any atom is 0.263 e. The summed E-state index contributed by atoms with van der Waals surface area (Å²) < 4.78 is 28.9. The van der Waals surface area contributed by atoms with Gasteiger partial charge in [-0.25, -0.2) is 8.42 Å². The topological polar surface area (TPSA) is 76.0 Å². The van der Waals surface area contributed by atoms with Gasteiger partial charge in [0.25, 0.3) is 10.0 Å². The first kappa shape index (κ1) is 13.1. The van der Waals surface area contributed by atoms with Crippen molar-refractivity contribution in [1.29, 1.82) is 0 Å². The fraction of sp³-hybridized carbons (Fsp3) is 0.308. The van der Waals surface area contributed by atoms with Crippen LogP contribution in [0.25, 0.3) is 0 Å². The summed E-state index contributed by atoms with van der Waals surface area (Å²) in [6.45, 7) is 3.33. The lowest BCUT2D eigenvalue weighted by Crippen LogP contribution is -2.15. The number of rotatable bonds is 3. The molecule has 1 aromatic heterocycles. The molecular weight excluding hydrogens is 276 g/mol. The minimum atomic E-state index is -3.58. The van der Waals surface area contributed by atoms with Gasteiger partial charge in [0.2, 0.25) is 0 Å². The van der Waals surface area contributed by atoms with Crippen LogP contribution in [0.15, 0.2) is 29.2 Å². The van der Waals surface area contributed by atoms with Crippen LogP contribution < -0.4 is 10.0 Å². The van der Waals surface area contributed by atoms with Crippen LogP contribution in [0.2, 0.25) is 0 Å². The van der Waals surface area contributed by atoms with E-state index in [9.17, 15) is 8.42 Å². The Bertz CT molecular complexity index is 765. The smallest absolute Gasteiger partial charge is 0.263 e. The number of nitrogens with one attached hydrogen (secondary N) is 2.